The summed E-state index contributed by atoms with van der Waals surface area (Å²) in [4.78, 5) is 10.7. The van der Waals surface area contributed by atoms with Crippen LogP contribution in [0.3, 0.4) is 0 Å². The first-order valence-electron chi connectivity index (χ1n) is 5.37. The third-order valence-electron chi connectivity index (χ3n) is 3.84. The lowest BCUT2D eigenvalue weighted by molar-refractivity contribution is -0.341. The fourth-order valence-electron chi connectivity index (χ4n) is 2.65. The Balaban J connectivity index is 2.25. The van der Waals surface area contributed by atoms with Crippen LogP contribution in [-0.2, 0) is 4.79 Å². The quantitative estimate of drug-likeness (QED) is 0.597. The number of hydrogen-bond acceptors (Lipinski definition) is 2. The molecule has 0 aliphatic heterocycles. The molecule has 0 saturated heterocycles. The van der Waals surface area contributed by atoms with Crippen LogP contribution in [0.4, 0.5) is 17.6 Å². The molecule has 0 amide bonds. The third kappa shape index (κ3) is 1.55. The second kappa shape index (κ2) is 3.73. The first-order valence-corrected chi connectivity index (χ1v) is 6.13. The SMILES string of the molecule is O=C1C(F)(F)C(O)(C2CCC(Cl)(Cl)CC2)C1(F)F. The summed E-state index contributed by atoms with van der Waals surface area (Å²) >= 11 is 11.5. The van der Waals surface area contributed by atoms with Crippen molar-refractivity contribution in [3.05, 3.63) is 0 Å². The highest BCUT2D eigenvalue weighted by molar-refractivity contribution is 6.48. The predicted molar refractivity (Wildman–Crippen MR) is 56.2 cm³/mol. The van der Waals surface area contributed by atoms with E-state index in [9.17, 15) is 27.5 Å². The second-order valence-electron chi connectivity index (χ2n) is 4.87. The lowest BCUT2D eigenvalue weighted by Gasteiger charge is -2.54. The standard InChI is InChI=1S/C10H10Cl2F4O2/c11-7(12)3-1-5(2-4-7)8(18)9(13,14)6(17)10(8,15)16/h5,18H,1-4H2. The Bertz CT molecular complexity index is 369. The molecule has 8 heteroatoms. The average Bonchev–Trinajstić information content (AvgIpc) is 2.26. The van der Waals surface area contributed by atoms with Crippen LogP contribution in [0.1, 0.15) is 25.7 Å². The Hall–Kier alpha value is -0.0700. The molecule has 0 aromatic carbocycles. The molecule has 2 rings (SSSR count). The first kappa shape index (κ1) is 14.3. The molecule has 0 aromatic rings. The maximum absolute atomic E-state index is 13.3. The number of halogens is 6. The van der Waals surface area contributed by atoms with Gasteiger partial charge in [-0.25, -0.2) is 0 Å². The molecular weight excluding hydrogens is 299 g/mol. The summed E-state index contributed by atoms with van der Waals surface area (Å²) in [6.45, 7) is 0. The molecular formula is C10H10Cl2F4O2. The Morgan fingerprint density at radius 1 is 1.06 bits per heavy atom. The molecule has 1 N–H and O–H groups in total. The second-order valence-corrected chi connectivity index (χ2v) is 6.51. The highest BCUT2D eigenvalue weighted by Gasteiger charge is 2.89. The zero-order chi connectivity index (χ0) is 14.0. The van der Waals surface area contributed by atoms with Crippen LogP contribution < -0.4 is 0 Å². The fourth-order valence-corrected chi connectivity index (χ4v) is 3.09. The molecule has 2 aliphatic rings. The van der Waals surface area contributed by atoms with Gasteiger partial charge in [-0.15, -0.1) is 23.2 Å². The maximum Gasteiger partial charge on any atom is 0.346 e. The van der Waals surface area contributed by atoms with Crippen molar-refractivity contribution in [3.63, 3.8) is 0 Å². The Labute approximate surface area is 110 Å². The lowest BCUT2D eigenvalue weighted by Crippen LogP contribution is -2.82. The Kier molecular flexibility index (Phi) is 2.97. The molecule has 0 aromatic heterocycles. The molecule has 2 saturated carbocycles. The van der Waals surface area contributed by atoms with Gasteiger partial charge in [0, 0.05) is 5.92 Å². The summed E-state index contributed by atoms with van der Waals surface area (Å²) in [6.07, 6.45) is -0.323. The van der Waals surface area contributed by atoms with Crippen LogP contribution >= 0.6 is 23.2 Å². The molecule has 2 nitrogen and oxygen atoms in total. The largest absolute Gasteiger partial charge is 0.377 e. The monoisotopic (exact) mass is 308 g/mol. The van der Waals surface area contributed by atoms with Crippen molar-refractivity contribution in [2.24, 2.45) is 5.92 Å². The number of carbonyl (C=O) groups is 1. The van der Waals surface area contributed by atoms with Gasteiger partial charge in [-0.3, -0.25) is 4.79 Å². The number of rotatable bonds is 1. The van der Waals surface area contributed by atoms with Crippen LogP contribution in [0, 0.1) is 5.92 Å². The van der Waals surface area contributed by atoms with Crippen molar-refractivity contribution in [1.82, 2.24) is 0 Å². The van der Waals surface area contributed by atoms with Crippen LogP contribution in [0.15, 0.2) is 0 Å². The van der Waals surface area contributed by atoms with Gasteiger partial charge in [-0.05, 0) is 25.7 Å². The van der Waals surface area contributed by atoms with E-state index in [1.807, 2.05) is 0 Å². The number of hydrogen-bond donors (Lipinski definition) is 1. The van der Waals surface area contributed by atoms with Gasteiger partial charge < -0.3 is 5.11 Å². The zero-order valence-electron chi connectivity index (χ0n) is 9.03. The van der Waals surface area contributed by atoms with E-state index in [-0.39, 0.29) is 25.7 Å². The number of Topliss-reactive ketones (excluding diaryl/α,β-unsaturated/α-hetero) is 1. The van der Waals surface area contributed by atoms with Crippen molar-refractivity contribution in [2.45, 2.75) is 47.5 Å². The Morgan fingerprint density at radius 2 is 1.44 bits per heavy atom. The van der Waals surface area contributed by atoms with Gasteiger partial charge in [0.15, 0.2) is 0 Å². The molecule has 0 bridgehead atoms. The minimum atomic E-state index is -4.42. The predicted octanol–water partition coefficient (Wildman–Crippen LogP) is 2.93. The zero-order valence-corrected chi connectivity index (χ0v) is 10.5. The van der Waals surface area contributed by atoms with Gasteiger partial charge in [0.05, 0.1) is 0 Å². The number of carbonyl (C=O) groups excluding carboxylic acids is 1. The number of aliphatic hydroxyl groups is 1. The molecule has 0 atom stereocenters. The van der Waals surface area contributed by atoms with Gasteiger partial charge in [-0.2, -0.15) is 17.6 Å². The van der Waals surface area contributed by atoms with E-state index in [2.05, 4.69) is 0 Å². The highest BCUT2D eigenvalue weighted by Crippen LogP contribution is 2.61. The average molecular weight is 309 g/mol. The normalized spacial score (nSPS) is 32.9. The molecule has 104 valence electrons. The number of alkyl halides is 6. The minimum Gasteiger partial charge on any atom is -0.377 e. The molecule has 18 heavy (non-hydrogen) atoms. The molecule has 2 fully saturated rings. The van der Waals surface area contributed by atoms with Crippen molar-refractivity contribution >= 4 is 29.0 Å². The number of ketones is 1. The lowest BCUT2D eigenvalue weighted by atomic mass is 9.60. The molecule has 0 heterocycles. The van der Waals surface area contributed by atoms with Crippen molar-refractivity contribution in [2.75, 3.05) is 0 Å². The summed E-state index contributed by atoms with van der Waals surface area (Å²) in [7, 11) is 0. The maximum atomic E-state index is 13.3. The minimum absolute atomic E-state index is 0.0173. The van der Waals surface area contributed by atoms with Gasteiger partial charge in [-0.1, -0.05) is 0 Å². The van der Waals surface area contributed by atoms with Gasteiger partial charge >= 0.3 is 11.8 Å². The first-order chi connectivity index (χ1) is 7.97. The van der Waals surface area contributed by atoms with E-state index in [1.165, 1.54) is 0 Å². The summed E-state index contributed by atoms with van der Waals surface area (Å²) in [6, 6.07) is 0. The molecule has 0 radical (unpaired) electrons. The van der Waals surface area contributed by atoms with Crippen LogP contribution in [0.5, 0.6) is 0 Å². The van der Waals surface area contributed by atoms with E-state index in [4.69, 9.17) is 23.2 Å². The van der Waals surface area contributed by atoms with E-state index >= 15 is 0 Å². The summed E-state index contributed by atoms with van der Waals surface area (Å²) in [5, 5.41) is 9.62. The van der Waals surface area contributed by atoms with Gasteiger partial charge in [0.1, 0.15) is 4.33 Å². The topological polar surface area (TPSA) is 37.3 Å². The van der Waals surface area contributed by atoms with Crippen LogP contribution in [-0.4, -0.2) is 32.7 Å². The van der Waals surface area contributed by atoms with Gasteiger partial charge in [0.2, 0.25) is 5.60 Å². The van der Waals surface area contributed by atoms with Crippen LogP contribution in [0.2, 0.25) is 0 Å². The summed E-state index contributed by atoms with van der Waals surface area (Å²) in [5.41, 5.74) is -3.61. The van der Waals surface area contributed by atoms with Crippen LogP contribution in [0.25, 0.3) is 0 Å². The third-order valence-corrected chi connectivity index (χ3v) is 4.59. The molecule has 0 spiro atoms. The highest BCUT2D eigenvalue weighted by atomic mass is 35.5. The Morgan fingerprint density at radius 3 is 1.83 bits per heavy atom. The van der Waals surface area contributed by atoms with E-state index in [0.29, 0.717) is 0 Å². The van der Waals surface area contributed by atoms with E-state index < -0.39 is 33.5 Å². The fraction of sp³-hybridized carbons (Fsp3) is 0.900. The van der Waals surface area contributed by atoms with Crippen molar-refractivity contribution in [3.8, 4) is 0 Å². The van der Waals surface area contributed by atoms with Gasteiger partial charge in [0.25, 0.3) is 5.78 Å². The summed E-state index contributed by atoms with van der Waals surface area (Å²) < 4.78 is 52.1. The van der Waals surface area contributed by atoms with Crippen molar-refractivity contribution < 1.29 is 27.5 Å². The smallest absolute Gasteiger partial charge is 0.346 e. The van der Waals surface area contributed by atoms with E-state index in [0.717, 1.165) is 0 Å². The molecule has 0 unspecified atom stereocenters. The molecule has 2 aliphatic carbocycles. The summed E-state index contributed by atoms with van der Waals surface area (Å²) in [5.74, 6) is -12.8. The van der Waals surface area contributed by atoms with Crippen molar-refractivity contribution in [1.29, 1.82) is 0 Å². The van der Waals surface area contributed by atoms with E-state index in [1.54, 1.807) is 0 Å².